The second-order valence-corrected chi connectivity index (χ2v) is 9.76. The standard InChI is InChI=1S/C26H30F2N8/c1-34(2)9-10-35(3)21-5-7-26(30,13-20(21)29)25-32-23(15-6-8-31-24(15)33-25)17-14-36(4)22-12-19(28)18(27)11-16(17)22/h5-8,11-12,14H,9-10,13,29-30H2,1-4H3,(H,31,32,33). The molecular formula is C26H30F2N8. The zero-order valence-corrected chi connectivity index (χ0v) is 20.8. The van der Waals surface area contributed by atoms with Gasteiger partial charge in [0.1, 0.15) is 11.2 Å². The van der Waals surface area contributed by atoms with Crippen LogP contribution in [0.15, 0.2) is 54.1 Å². The van der Waals surface area contributed by atoms with Crippen molar-refractivity contribution >= 4 is 21.9 Å². The summed E-state index contributed by atoms with van der Waals surface area (Å²) in [6.07, 6.45) is 7.73. The molecule has 0 amide bonds. The molecule has 0 fully saturated rings. The van der Waals surface area contributed by atoms with E-state index in [0.29, 0.717) is 45.7 Å². The molecule has 5 N–H and O–H groups in total. The van der Waals surface area contributed by atoms with Crippen molar-refractivity contribution in [2.45, 2.75) is 12.0 Å². The summed E-state index contributed by atoms with van der Waals surface area (Å²) in [5.41, 5.74) is 16.3. The van der Waals surface area contributed by atoms with Gasteiger partial charge in [-0.2, -0.15) is 0 Å². The van der Waals surface area contributed by atoms with Gasteiger partial charge >= 0.3 is 0 Å². The quantitative estimate of drug-likeness (QED) is 0.382. The summed E-state index contributed by atoms with van der Waals surface area (Å²) >= 11 is 0. The number of hydrogen-bond acceptors (Lipinski definition) is 6. The van der Waals surface area contributed by atoms with Gasteiger partial charge in [-0.3, -0.25) is 0 Å². The molecule has 1 atom stereocenters. The highest BCUT2D eigenvalue weighted by molar-refractivity contribution is 6.02. The third-order valence-corrected chi connectivity index (χ3v) is 6.76. The summed E-state index contributed by atoms with van der Waals surface area (Å²) in [5.74, 6) is -1.42. The van der Waals surface area contributed by atoms with E-state index >= 15 is 0 Å². The zero-order valence-electron chi connectivity index (χ0n) is 20.8. The van der Waals surface area contributed by atoms with Gasteiger partial charge in [-0.1, -0.05) is 6.08 Å². The highest BCUT2D eigenvalue weighted by Gasteiger charge is 2.34. The maximum Gasteiger partial charge on any atom is 0.160 e. The summed E-state index contributed by atoms with van der Waals surface area (Å²) in [5, 5.41) is 1.31. The van der Waals surface area contributed by atoms with Crippen molar-refractivity contribution in [3.8, 4) is 11.3 Å². The van der Waals surface area contributed by atoms with Crippen molar-refractivity contribution in [1.82, 2.24) is 29.3 Å². The van der Waals surface area contributed by atoms with E-state index in [1.807, 2.05) is 45.6 Å². The van der Waals surface area contributed by atoms with Crippen molar-refractivity contribution in [1.29, 1.82) is 0 Å². The number of aromatic amines is 1. The third kappa shape index (κ3) is 4.02. The van der Waals surface area contributed by atoms with Gasteiger partial charge in [0.2, 0.25) is 0 Å². The first kappa shape index (κ1) is 24.0. The van der Waals surface area contributed by atoms with E-state index in [-0.39, 0.29) is 0 Å². The summed E-state index contributed by atoms with van der Waals surface area (Å²) in [7, 11) is 7.84. The van der Waals surface area contributed by atoms with Crippen LogP contribution < -0.4 is 11.5 Å². The number of aromatic nitrogens is 4. The van der Waals surface area contributed by atoms with Gasteiger partial charge in [0.25, 0.3) is 0 Å². The summed E-state index contributed by atoms with van der Waals surface area (Å²) in [6.45, 7) is 1.71. The normalized spacial score (nSPS) is 18.2. The average molecular weight is 493 g/mol. The Bertz CT molecular complexity index is 1530. The molecule has 1 aromatic carbocycles. The number of allylic oxidation sites excluding steroid dienone is 1. The van der Waals surface area contributed by atoms with Gasteiger partial charge in [-0.05, 0) is 32.3 Å². The lowest BCUT2D eigenvalue weighted by Gasteiger charge is -2.33. The largest absolute Gasteiger partial charge is 0.400 e. The molecule has 1 aliphatic carbocycles. The number of rotatable bonds is 6. The predicted molar refractivity (Wildman–Crippen MR) is 138 cm³/mol. The van der Waals surface area contributed by atoms with Crippen molar-refractivity contribution < 1.29 is 8.78 Å². The maximum atomic E-state index is 14.2. The van der Waals surface area contributed by atoms with E-state index in [1.165, 1.54) is 12.1 Å². The van der Waals surface area contributed by atoms with Crippen molar-refractivity contribution in [3.05, 3.63) is 71.6 Å². The highest BCUT2D eigenvalue weighted by atomic mass is 19.2. The molecule has 36 heavy (non-hydrogen) atoms. The van der Waals surface area contributed by atoms with Gasteiger partial charge in [-0.15, -0.1) is 0 Å². The van der Waals surface area contributed by atoms with Crippen LogP contribution in [0, 0.1) is 11.6 Å². The lowest BCUT2D eigenvalue weighted by molar-refractivity contribution is 0.325. The molecule has 5 rings (SSSR count). The SMILES string of the molecule is CN(C)CCN(C)C1=C(N)CC(N)(c2nc(-c3cn(C)c4cc(F)c(F)cc34)c3cc[nH]c3n2)C=C1. The topological polar surface area (TPSA) is 105 Å². The molecule has 3 heterocycles. The molecule has 3 aromatic heterocycles. The van der Waals surface area contributed by atoms with E-state index in [4.69, 9.17) is 21.4 Å². The Morgan fingerprint density at radius 2 is 1.86 bits per heavy atom. The Morgan fingerprint density at radius 1 is 1.11 bits per heavy atom. The van der Waals surface area contributed by atoms with Crippen LogP contribution in [0.1, 0.15) is 12.2 Å². The number of hydrogen-bond donors (Lipinski definition) is 3. The minimum atomic E-state index is -1.04. The van der Waals surface area contributed by atoms with Gasteiger partial charge < -0.3 is 30.8 Å². The smallest absolute Gasteiger partial charge is 0.160 e. The fraction of sp³-hybridized carbons (Fsp3) is 0.308. The third-order valence-electron chi connectivity index (χ3n) is 6.76. The number of nitrogens with two attached hydrogens (primary N) is 2. The van der Waals surface area contributed by atoms with Crippen LogP contribution in [0.2, 0.25) is 0 Å². The van der Waals surface area contributed by atoms with Crippen LogP contribution in [-0.4, -0.2) is 63.6 Å². The lowest BCUT2D eigenvalue weighted by Crippen LogP contribution is -2.41. The van der Waals surface area contributed by atoms with Crippen LogP contribution in [-0.2, 0) is 12.6 Å². The fourth-order valence-electron chi connectivity index (χ4n) is 4.72. The van der Waals surface area contributed by atoms with E-state index in [9.17, 15) is 8.78 Å². The predicted octanol–water partition coefficient (Wildman–Crippen LogP) is 3.17. The molecule has 4 aromatic rings. The molecule has 0 saturated heterocycles. The highest BCUT2D eigenvalue weighted by Crippen LogP contribution is 2.37. The number of nitrogens with one attached hydrogen (secondary N) is 1. The number of fused-ring (bicyclic) bond motifs is 2. The number of nitrogens with zero attached hydrogens (tertiary/aromatic N) is 5. The minimum Gasteiger partial charge on any atom is -0.400 e. The van der Waals surface area contributed by atoms with Crippen LogP contribution in [0.25, 0.3) is 33.2 Å². The lowest BCUT2D eigenvalue weighted by atomic mass is 9.87. The Kier molecular flexibility index (Phi) is 5.80. The summed E-state index contributed by atoms with van der Waals surface area (Å²) < 4.78 is 29.9. The second kappa shape index (κ2) is 8.72. The second-order valence-electron chi connectivity index (χ2n) is 9.76. The molecule has 10 heteroatoms. The molecule has 1 unspecified atom stereocenters. The van der Waals surface area contributed by atoms with Crippen LogP contribution >= 0.6 is 0 Å². The molecule has 0 saturated carbocycles. The van der Waals surface area contributed by atoms with E-state index < -0.39 is 17.2 Å². The molecule has 188 valence electrons. The number of H-pyrrole nitrogens is 1. The monoisotopic (exact) mass is 492 g/mol. The first-order valence-electron chi connectivity index (χ1n) is 11.7. The van der Waals surface area contributed by atoms with Crippen LogP contribution in [0.5, 0.6) is 0 Å². The summed E-state index contributed by atoms with van der Waals surface area (Å²) in [4.78, 5) is 17.0. The Labute approximate surface area is 207 Å². The Hall–Kier alpha value is -3.76. The molecule has 1 aliphatic rings. The Balaban J connectivity index is 1.59. The van der Waals surface area contributed by atoms with Gasteiger partial charge in [-0.25, -0.2) is 18.7 Å². The number of aryl methyl sites for hydroxylation is 1. The van der Waals surface area contributed by atoms with E-state index in [0.717, 1.165) is 24.2 Å². The Morgan fingerprint density at radius 3 is 2.58 bits per heavy atom. The van der Waals surface area contributed by atoms with Crippen LogP contribution in [0.3, 0.4) is 0 Å². The molecule has 8 nitrogen and oxygen atoms in total. The first-order valence-corrected chi connectivity index (χ1v) is 11.7. The fourth-order valence-corrected chi connectivity index (χ4v) is 4.72. The summed E-state index contributed by atoms with van der Waals surface area (Å²) in [6, 6.07) is 4.26. The number of benzene rings is 1. The van der Waals surface area contributed by atoms with E-state index in [1.54, 1.807) is 17.8 Å². The van der Waals surface area contributed by atoms with Gasteiger partial charge in [0.05, 0.1) is 16.9 Å². The van der Waals surface area contributed by atoms with Crippen molar-refractivity contribution in [2.24, 2.45) is 18.5 Å². The molecule has 0 bridgehead atoms. The van der Waals surface area contributed by atoms with Crippen molar-refractivity contribution in [3.63, 3.8) is 0 Å². The van der Waals surface area contributed by atoms with Gasteiger partial charge in [0.15, 0.2) is 17.5 Å². The molecule has 0 spiro atoms. The molecule has 0 radical (unpaired) electrons. The van der Waals surface area contributed by atoms with Gasteiger partial charge in [0, 0.05) is 74.1 Å². The molecular weight excluding hydrogens is 462 g/mol. The van der Waals surface area contributed by atoms with Crippen molar-refractivity contribution in [2.75, 3.05) is 34.2 Å². The minimum absolute atomic E-state index is 0.339. The molecule has 0 aliphatic heterocycles. The first-order chi connectivity index (χ1) is 17.1. The number of halogens is 2. The van der Waals surface area contributed by atoms with Crippen LogP contribution in [0.4, 0.5) is 8.78 Å². The average Bonchev–Trinajstić information content (AvgIpc) is 3.42. The maximum absolute atomic E-state index is 14.2. The number of likely N-dealkylation sites (N-methyl/N-ethyl adjacent to an activating group) is 2. The van der Waals surface area contributed by atoms with E-state index in [2.05, 4.69) is 14.8 Å². The zero-order chi connectivity index (χ0) is 25.8.